The third kappa shape index (κ3) is 3.77. The fourth-order valence-electron chi connectivity index (χ4n) is 3.66. The molecular weight excluding hydrogens is 300 g/mol. The Morgan fingerprint density at radius 3 is 2.54 bits per heavy atom. The maximum absolute atomic E-state index is 12.7. The second-order valence-corrected chi connectivity index (χ2v) is 7.12. The molecule has 128 valence electrons. The molecule has 0 bridgehead atoms. The van der Waals surface area contributed by atoms with Crippen LogP contribution < -0.4 is 0 Å². The first-order valence-electron chi connectivity index (χ1n) is 8.58. The van der Waals surface area contributed by atoms with Crippen LogP contribution in [0.2, 0.25) is 0 Å². The fourth-order valence-corrected chi connectivity index (χ4v) is 3.66. The zero-order valence-electron chi connectivity index (χ0n) is 14.5. The van der Waals surface area contributed by atoms with Gasteiger partial charge in [-0.3, -0.25) is 4.79 Å². The third-order valence-electron chi connectivity index (χ3n) is 4.93. The lowest BCUT2D eigenvalue weighted by Gasteiger charge is -2.20. The van der Waals surface area contributed by atoms with Gasteiger partial charge in [0.2, 0.25) is 5.91 Å². The average molecular weight is 326 g/mol. The molecule has 2 atom stereocenters. The largest absolute Gasteiger partial charge is 0.396 e. The van der Waals surface area contributed by atoms with Crippen molar-refractivity contribution in [3.05, 3.63) is 48.0 Å². The van der Waals surface area contributed by atoms with E-state index < -0.39 is 0 Å². The molecule has 1 heterocycles. The summed E-state index contributed by atoms with van der Waals surface area (Å²) in [5, 5.41) is 12.0. The summed E-state index contributed by atoms with van der Waals surface area (Å²) in [6.45, 7) is 2.47. The third-order valence-corrected chi connectivity index (χ3v) is 4.93. The van der Waals surface area contributed by atoms with Crippen molar-refractivity contribution < 1.29 is 9.90 Å². The Morgan fingerprint density at radius 1 is 1.12 bits per heavy atom. The van der Waals surface area contributed by atoms with Crippen LogP contribution in [-0.2, 0) is 11.2 Å². The predicted molar refractivity (Wildman–Crippen MR) is 96.9 cm³/mol. The standard InChI is InChI=1S/C20H26N2O2/c1-21(2)11-18-12-22(13-19(18)14-23)20(24)10-15-7-8-16-5-3-4-6-17(16)9-15/h3-9,18-19,23H,10-14H2,1-2H3/t18-,19-/m1/s1. The van der Waals surface area contributed by atoms with E-state index >= 15 is 0 Å². The van der Waals surface area contributed by atoms with Gasteiger partial charge < -0.3 is 14.9 Å². The van der Waals surface area contributed by atoms with Gasteiger partial charge in [0.25, 0.3) is 0 Å². The van der Waals surface area contributed by atoms with Crippen LogP contribution in [0.3, 0.4) is 0 Å². The molecule has 3 rings (SSSR count). The monoisotopic (exact) mass is 326 g/mol. The number of aliphatic hydroxyl groups is 1. The highest BCUT2D eigenvalue weighted by molar-refractivity contribution is 5.85. The van der Waals surface area contributed by atoms with Gasteiger partial charge >= 0.3 is 0 Å². The lowest BCUT2D eigenvalue weighted by Crippen LogP contribution is -2.31. The van der Waals surface area contributed by atoms with Gasteiger partial charge in [0.1, 0.15) is 0 Å². The van der Waals surface area contributed by atoms with Crippen LogP contribution in [0.4, 0.5) is 0 Å². The van der Waals surface area contributed by atoms with E-state index in [4.69, 9.17) is 0 Å². The van der Waals surface area contributed by atoms with E-state index in [0.29, 0.717) is 18.9 Å². The van der Waals surface area contributed by atoms with Gasteiger partial charge in [0, 0.05) is 32.2 Å². The normalized spacial score (nSPS) is 20.9. The van der Waals surface area contributed by atoms with Crippen LogP contribution in [0.15, 0.2) is 42.5 Å². The first-order chi connectivity index (χ1) is 11.6. The SMILES string of the molecule is CN(C)C[C@@H]1CN(C(=O)Cc2ccc3ccccc3c2)C[C@@H]1CO. The average Bonchev–Trinajstić information content (AvgIpc) is 2.97. The van der Waals surface area contributed by atoms with Crippen molar-refractivity contribution in [2.24, 2.45) is 11.8 Å². The summed E-state index contributed by atoms with van der Waals surface area (Å²) in [6.07, 6.45) is 0.428. The number of carbonyl (C=O) groups is 1. The van der Waals surface area contributed by atoms with Crippen molar-refractivity contribution in [3.8, 4) is 0 Å². The van der Waals surface area contributed by atoms with Crippen LogP contribution in [0, 0.1) is 11.8 Å². The molecule has 0 aromatic heterocycles. The number of aliphatic hydroxyl groups excluding tert-OH is 1. The summed E-state index contributed by atoms with van der Waals surface area (Å²) in [5.74, 6) is 0.698. The zero-order valence-corrected chi connectivity index (χ0v) is 14.5. The molecule has 0 unspecified atom stereocenters. The van der Waals surface area contributed by atoms with Crippen LogP contribution >= 0.6 is 0 Å². The van der Waals surface area contributed by atoms with Crippen molar-refractivity contribution in [1.82, 2.24) is 9.80 Å². The van der Waals surface area contributed by atoms with Crippen LogP contribution in [0.1, 0.15) is 5.56 Å². The Bertz CT molecular complexity index is 714. The minimum Gasteiger partial charge on any atom is -0.396 e. The Balaban J connectivity index is 1.67. The molecule has 0 spiro atoms. The molecule has 1 amide bonds. The molecule has 1 N–H and O–H groups in total. The van der Waals surface area contributed by atoms with Crippen LogP contribution in [0.25, 0.3) is 10.8 Å². The highest BCUT2D eigenvalue weighted by Gasteiger charge is 2.34. The van der Waals surface area contributed by atoms with E-state index in [1.54, 1.807) is 0 Å². The van der Waals surface area contributed by atoms with Crippen molar-refractivity contribution in [3.63, 3.8) is 0 Å². The molecular formula is C20H26N2O2. The van der Waals surface area contributed by atoms with E-state index in [1.165, 1.54) is 10.8 Å². The van der Waals surface area contributed by atoms with Gasteiger partial charge in [0.15, 0.2) is 0 Å². The molecule has 1 aliphatic rings. The number of likely N-dealkylation sites (tertiary alicyclic amines) is 1. The molecule has 0 saturated carbocycles. The molecule has 1 fully saturated rings. The van der Waals surface area contributed by atoms with Gasteiger partial charge in [0.05, 0.1) is 6.42 Å². The maximum atomic E-state index is 12.7. The number of benzene rings is 2. The number of hydrogen-bond donors (Lipinski definition) is 1. The Hall–Kier alpha value is -1.91. The van der Waals surface area contributed by atoms with Crippen LogP contribution in [0.5, 0.6) is 0 Å². The van der Waals surface area contributed by atoms with Gasteiger partial charge in [-0.25, -0.2) is 0 Å². The summed E-state index contributed by atoms with van der Waals surface area (Å²) >= 11 is 0. The minimum atomic E-state index is 0.151. The van der Waals surface area contributed by atoms with Crippen LogP contribution in [-0.4, -0.2) is 61.2 Å². The maximum Gasteiger partial charge on any atom is 0.227 e. The lowest BCUT2D eigenvalue weighted by atomic mass is 9.97. The molecule has 0 radical (unpaired) electrons. The van der Waals surface area contributed by atoms with E-state index in [2.05, 4.69) is 29.2 Å². The molecule has 2 aromatic rings. The molecule has 2 aromatic carbocycles. The molecule has 1 saturated heterocycles. The summed E-state index contributed by atoms with van der Waals surface area (Å²) in [6, 6.07) is 14.4. The quantitative estimate of drug-likeness (QED) is 0.914. The van der Waals surface area contributed by atoms with Gasteiger partial charge in [-0.1, -0.05) is 42.5 Å². The van der Waals surface area contributed by atoms with E-state index in [1.807, 2.05) is 37.2 Å². The topological polar surface area (TPSA) is 43.8 Å². The summed E-state index contributed by atoms with van der Waals surface area (Å²) < 4.78 is 0. The number of amides is 1. The van der Waals surface area contributed by atoms with Crippen molar-refractivity contribution in [2.45, 2.75) is 6.42 Å². The number of carbonyl (C=O) groups excluding carboxylic acids is 1. The van der Waals surface area contributed by atoms with E-state index in [-0.39, 0.29) is 18.4 Å². The van der Waals surface area contributed by atoms with E-state index in [0.717, 1.165) is 18.7 Å². The number of hydrogen-bond acceptors (Lipinski definition) is 3. The first-order valence-corrected chi connectivity index (χ1v) is 8.58. The molecule has 4 heteroatoms. The van der Waals surface area contributed by atoms with E-state index in [9.17, 15) is 9.90 Å². The number of rotatable bonds is 5. The van der Waals surface area contributed by atoms with Crippen molar-refractivity contribution in [2.75, 3.05) is 40.3 Å². The number of nitrogens with zero attached hydrogens (tertiary/aromatic N) is 2. The second-order valence-electron chi connectivity index (χ2n) is 7.12. The summed E-state index contributed by atoms with van der Waals surface area (Å²) in [7, 11) is 4.07. The fraction of sp³-hybridized carbons (Fsp3) is 0.450. The van der Waals surface area contributed by atoms with Gasteiger partial charge in [-0.05, 0) is 36.3 Å². The molecule has 1 aliphatic heterocycles. The Kier molecular flexibility index (Phi) is 5.17. The minimum absolute atomic E-state index is 0.151. The summed E-state index contributed by atoms with van der Waals surface area (Å²) in [5.41, 5.74) is 1.05. The molecule has 0 aliphatic carbocycles. The second kappa shape index (κ2) is 7.32. The van der Waals surface area contributed by atoms with Gasteiger partial charge in [-0.15, -0.1) is 0 Å². The first kappa shape index (κ1) is 16.9. The molecule has 4 nitrogen and oxygen atoms in total. The van der Waals surface area contributed by atoms with Crippen molar-refractivity contribution in [1.29, 1.82) is 0 Å². The highest BCUT2D eigenvalue weighted by Crippen LogP contribution is 2.25. The summed E-state index contributed by atoms with van der Waals surface area (Å²) in [4.78, 5) is 16.7. The number of fused-ring (bicyclic) bond motifs is 1. The lowest BCUT2D eigenvalue weighted by molar-refractivity contribution is -0.129. The highest BCUT2D eigenvalue weighted by atomic mass is 16.3. The molecule has 24 heavy (non-hydrogen) atoms. The smallest absolute Gasteiger partial charge is 0.227 e. The predicted octanol–water partition coefficient (Wildman–Crippen LogP) is 2.01. The Morgan fingerprint density at radius 2 is 1.83 bits per heavy atom. The Labute approximate surface area is 143 Å². The zero-order chi connectivity index (χ0) is 17.1. The van der Waals surface area contributed by atoms with Crippen molar-refractivity contribution >= 4 is 16.7 Å². The van der Waals surface area contributed by atoms with Gasteiger partial charge in [-0.2, -0.15) is 0 Å².